The van der Waals surface area contributed by atoms with Crippen molar-refractivity contribution in [2.75, 3.05) is 7.11 Å². The predicted molar refractivity (Wildman–Crippen MR) is 120 cm³/mol. The van der Waals surface area contributed by atoms with Crippen molar-refractivity contribution in [1.82, 2.24) is 9.99 Å². The predicted octanol–water partition coefficient (Wildman–Crippen LogP) is 3.46. The van der Waals surface area contributed by atoms with Gasteiger partial charge < -0.3 is 14.0 Å². The van der Waals surface area contributed by atoms with Crippen LogP contribution in [0.5, 0.6) is 11.5 Å². The number of methoxy groups -OCH3 is 1. The van der Waals surface area contributed by atoms with Gasteiger partial charge in [-0.1, -0.05) is 12.1 Å². The van der Waals surface area contributed by atoms with Crippen LogP contribution in [0.25, 0.3) is 0 Å². The van der Waals surface area contributed by atoms with Gasteiger partial charge in [-0.15, -0.1) is 0 Å². The Labute approximate surface area is 180 Å². The molecule has 0 spiro atoms. The second kappa shape index (κ2) is 10.2. The van der Waals surface area contributed by atoms with Crippen LogP contribution in [0.4, 0.5) is 0 Å². The molecule has 0 bridgehead atoms. The Balaban J connectivity index is 1.65. The van der Waals surface area contributed by atoms with E-state index in [1.807, 2.05) is 62.4 Å². The molecule has 3 aromatic rings. The number of rotatable bonds is 8. The first kappa shape index (κ1) is 21.8. The molecule has 0 fully saturated rings. The van der Waals surface area contributed by atoms with Crippen molar-refractivity contribution in [2.24, 2.45) is 5.10 Å². The van der Waals surface area contributed by atoms with Crippen LogP contribution >= 0.6 is 0 Å². The molecule has 0 atom stereocenters. The smallest absolute Gasteiger partial charge is 0.276 e. The van der Waals surface area contributed by atoms with Crippen LogP contribution in [0.3, 0.4) is 0 Å². The molecule has 7 nitrogen and oxygen atoms in total. The van der Waals surface area contributed by atoms with Gasteiger partial charge in [0, 0.05) is 6.20 Å². The maximum absolute atomic E-state index is 12.7. The van der Waals surface area contributed by atoms with Crippen LogP contribution in [-0.4, -0.2) is 29.9 Å². The Morgan fingerprint density at radius 1 is 1.06 bits per heavy atom. The molecular weight excluding hydrogens is 394 g/mol. The standard InChI is InChI=1S/C24H25N3O4/c1-17(2)31-21-12-6-18(7-13-21)15-25-26-23(28)22-5-4-14-27(24(22)29)16-19-8-10-20(30-3)11-9-19/h4-15,17H,16H2,1-3H3,(H,26,28)/b25-15-. The van der Waals surface area contributed by atoms with Gasteiger partial charge in [0.15, 0.2) is 0 Å². The monoisotopic (exact) mass is 419 g/mol. The molecule has 1 aromatic heterocycles. The molecule has 0 aliphatic heterocycles. The number of amides is 1. The first-order chi connectivity index (χ1) is 15.0. The highest BCUT2D eigenvalue weighted by Crippen LogP contribution is 2.13. The van der Waals surface area contributed by atoms with Crippen molar-refractivity contribution in [1.29, 1.82) is 0 Å². The molecule has 0 saturated carbocycles. The fourth-order valence-electron chi connectivity index (χ4n) is 2.89. The largest absolute Gasteiger partial charge is 0.497 e. The van der Waals surface area contributed by atoms with E-state index in [1.54, 1.807) is 19.4 Å². The molecule has 1 amide bonds. The molecule has 31 heavy (non-hydrogen) atoms. The minimum atomic E-state index is -0.565. The van der Waals surface area contributed by atoms with Gasteiger partial charge in [0.05, 0.1) is 26.0 Å². The molecule has 0 unspecified atom stereocenters. The molecule has 3 rings (SSSR count). The highest BCUT2D eigenvalue weighted by atomic mass is 16.5. The summed E-state index contributed by atoms with van der Waals surface area (Å²) in [5.74, 6) is 0.937. The molecule has 0 aliphatic carbocycles. The summed E-state index contributed by atoms with van der Waals surface area (Å²) in [6.07, 6.45) is 3.25. The van der Waals surface area contributed by atoms with Crippen LogP contribution in [0.1, 0.15) is 35.3 Å². The van der Waals surface area contributed by atoms with Gasteiger partial charge in [-0.2, -0.15) is 5.10 Å². The van der Waals surface area contributed by atoms with E-state index in [1.165, 1.54) is 16.8 Å². The van der Waals surface area contributed by atoms with E-state index < -0.39 is 5.91 Å². The van der Waals surface area contributed by atoms with Crippen LogP contribution in [0.15, 0.2) is 76.8 Å². The molecule has 1 heterocycles. The van der Waals surface area contributed by atoms with Crippen molar-refractivity contribution in [3.8, 4) is 11.5 Å². The van der Waals surface area contributed by atoms with Gasteiger partial charge in [-0.25, -0.2) is 5.43 Å². The molecule has 2 aromatic carbocycles. The molecule has 160 valence electrons. The number of nitrogens with zero attached hydrogens (tertiary/aromatic N) is 2. The van der Waals surface area contributed by atoms with Gasteiger partial charge in [-0.05, 0) is 73.5 Å². The van der Waals surface area contributed by atoms with Crippen molar-refractivity contribution in [3.05, 3.63) is 93.9 Å². The topological polar surface area (TPSA) is 81.9 Å². The van der Waals surface area contributed by atoms with Crippen molar-refractivity contribution in [3.63, 3.8) is 0 Å². The summed E-state index contributed by atoms with van der Waals surface area (Å²) in [5, 5.41) is 3.95. The van der Waals surface area contributed by atoms with E-state index in [9.17, 15) is 9.59 Å². The van der Waals surface area contributed by atoms with Gasteiger partial charge >= 0.3 is 0 Å². The fourth-order valence-corrected chi connectivity index (χ4v) is 2.89. The van der Waals surface area contributed by atoms with Crippen LogP contribution < -0.4 is 20.5 Å². The van der Waals surface area contributed by atoms with Gasteiger partial charge in [0.1, 0.15) is 17.1 Å². The maximum atomic E-state index is 12.7. The highest BCUT2D eigenvalue weighted by molar-refractivity contribution is 5.94. The Bertz CT molecular complexity index is 1100. The average molecular weight is 419 g/mol. The van der Waals surface area contributed by atoms with E-state index in [0.717, 1.165) is 22.6 Å². The lowest BCUT2D eigenvalue weighted by atomic mass is 10.2. The number of carbonyl (C=O) groups is 1. The third-order valence-electron chi connectivity index (χ3n) is 4.41. The van der Waals surface area contributed by atoms with Crippen molar-refractivity contribution in [2.45, 2.75) is 26.5 Å². The number of benzene rings is 2. The normalized spacial score (nSPS) is 11.0. The number of pyridine rings is 1. The van der Waals surface area contributed by atoms with E-state index in [4.69, 9.17) is 9.47 Å². The second-order valence-electron chi connectivity index (χ2n) is 7.14. The van der Waals surface area contributed by atoms with E-state index in [2.05, 4.69) is 10.5 Å². The van der Waals surface area contributed by atoms with Crippen LogP contribution in [-0.2, 0) is 6.54 Å². The highest BCUT2D eigenvalue weighted by Gasteiger charge is 2.11. The SMILES string of the molecule is COc1ccc(Cn2cccc(C(=O)N/N=C\c3ccc(OC(C)C)cc3)c2=O)cc1. The lowest BCUT2D eigenvalue weighted by molar-refractivity contribution is 0.0953. The average Bonchev–Trinajstić information content (AvgIpc) is 2.76. The minimum absolute atomic E-state index is 0.0221. The Kier molecular flexibility index (Phi) is 7.22. The zero-order chi connectivity index (χ0) is 22.2. The van der Waals surface area contributed by atoms with Crippen molar-refractivity contribution < 1.29 is 14.3 Å². The number of hydrogen-bond donors (Lipinski definition) is 1. The Morgan fingerprint density at radius 3 is 2.39 bits per heavy atom. The lowest BCUT2D eigenvalue weighted by Crippen LogP contribution is -2.30. The van der Waals surface area contributed by atoms with E-state index in [0.29, 0.717) is 6.54 Å². The molecule has 0 saturated heterocycles. The van der Waals surface area contributed by atoms with E-state index in [-0.39, 0.29) is 17.2 Å². The Hall–Kier alpha value is -3.87. The molecule has 1 N–H and O–H groups in total. The lowest BCUT2D eigenvalue weighted by Gasteiger charge is -2.09. The summed E-state index contributed by atoms with van der Waals surface area (Å²) < 4.78 is 12.2. The van der Waals surface area contributed by atoms with E-state index >= 15 is 0 Å². The molecule has 0 aliphatic rings. The van der Waals surface area contributed by atoms with Gasteiger partial charge in [0.25, 0.3) is 11.5 Å². The molecular formula is C24H25N3O4. The third-order valence-corrected chi connectivity index (χ3v) is 4.41. The second-order valence-corrected chi connectivity index (χ2v) is 7.14. The van der Waals surface area contributed by atoms with Gasteiger partial charge in [-0.3, -0.25) is 9.59 Å². The zero-order valence-corrected chi connectivity index (χ0v) is 17.7. The number of nitrogens with one attached hydrogen (secondary N) is 1. The van der Waals surface area contributed by atoms with Gasteiger partial charge in [0.2, 0.25) is 0 Å². The Morgan fingerprint density at radius 2 is 1.74 bits per heavy atom. The zero-order valence-electron chi connectivity index (χ0n) is 17.7. The third kappa shape index (κ3) is 6.05. The minimum Gasteiger partial charge on any atom is -0.497 e. The van der Waals surface area contributed by atoms with Crippen molar-refractivity contribution >= 4 is 12.1 Å². The number of ether oxygens (including phenoxy) is 2. The maximum Gasteiger partial charge on any atom is 0.276 e. The first-order valence-electron chi connectivity index (χ1n) is 9.89. The number of aromatic nitrogens is 1. The number of carbonyl (C=O) groups excluding carboxylic acids is 1. The first-order valence-corrected chi connectivity index (χ1v) is 9.89. The summed E-state index contributed by atoms with van der Waals surface area (Å²) in [5.41, 5.74) is 3.76. The molecule has 0 radical (unpaired) electrons. The quantitative estimate of drug-likeness (QED) is 0.448. The number of hydrogen-bond acceptors (Lipinski definition) is 5. The molecule has 7 heteroatoms. The summed E-state index contributed by atoms with van der Waals surface area (Å²) in [6, 6.07) is 17.9. The fraction of sp³-hybridized carbons (Fsp3) is 0.208. The summed E-state index contributed by atoms with van der Waals surface area (Å²) in [4.78, 5) is 25.2. The van der Waals surface area contributed by atoms with Crippen LogP contribution in [0.2, 0.25) is 0 Å². The number of hydrazone groups is 1. The van der Waals surface area contributed by atoms with Crippen LogP contribution in [0, 0.1) is 0 Å². The summed E-state index contributed by atoms with van der Waals surface area (Å²) >= 11 is 0. The summed E-state index contributed by atoms with van der Waals surface area (Å²) in [7, 11) is 1.60. The summed E-state index contributed by atoms with van der Waals surface area (Å²) in [6.45, 7) is 4.26.